The molecule has 2 aromatic rings. The van der Waals surface area contributed by atoms with E-state index in [0.717, 1.165) is 82.7 Å². The molecule has 0 unspecified atom stereocenters. The summed E-state index contributed by atoms with van der Waals surface area (Å²) in [5, 5.41) is 10.8. The molecule has 2 aromatic heterocycles. The zero-order valence-corrected chi connectivity index (χ0v) is 20.8. The molecule has 2 fully saturated rings. The summed E-state index contributed by atoms with van der Waals surface area (Å²) in [6.45, 7) is 10.9. The Morgan fingerprint density at radius 1 is 1.17 bits per heavy atom. The Balaban J connectivity index is 0.00000256. The van der Waals surface area contributed by atoms with Gasteiger partial charge in [-0.05, 0) is 19.8 Å². The Kier molecular flexibility index (Phi) is 9.19. The van der Waals surface area contributed by atoms with Gasteiger partial charge in [0.15, 0.2) is 11.1 Å². The van der Waals surface area contributed by atoms with E-state index in [1.807, 2.05) is 6.07 Å². The molecule has 4 heterocycles. The topological polar surface area (TPSA) is 73.0 Å². The molecular formula is C20H32IN7OS. The summed E-state index contributed by atoms with van der Waals surface area (Å²) in [4.78, 5) is 16.9. The number of hydrogen-bond acceptors (Lipinski definition) is 7. The molecule has 166 valence electrons. The van der Waals surface area contributed by atoms with Crippen LogP contribution in [0.25, 0.3) is 0 Å². The van der Waals surface area contributed by atoms with Crippen LogP contribution in [0.4, 0.5) is 5.13 Å². The summed E-state index contributed by atoms with van der Waals surface area (Å²) in [5.74, 6) is 1.02. The van der Waals surface area contributed by atoms with Crippen LogP contribution >= 0.6 is 35.3 Å². The van der Waals surface area contributed by atoms with Crippen LogP contribution in [0.2, 0.25) is 0 Å². The highest BCUT2D eigenvalue weighted by atomic mass is 127. The molecule has 30 heavy (non-hydrogen) atoms. The number of nitrogens with one attached hydrogen (secondary N) is 1. The van der Waals surface area contributed by atoms with Gasteiger partial charge in [-0.2, -0.15) is 0 Å². The van der Waals surface area contributed by atoms with E-state index in [-0.39, 0.29) is 24.0 Å². The normalized spacial score (nSPS) is 18.0. The van der Waals surface area contributed by atoms with E-state index in [2.05, 4.69) is 37.5 Å². The lowest BCUT2D eigenvalue weighted by atomic mass is 10.3. The molecule has 8 nitrogen and oxygen atoms in total. The SMILES string of the molecule is CCNC(=NCCc1csc(N2CCCC2)n1)N1CCN(Cc2ccon2)CC1.I. The van der Waals surface area contributed by atoms with Crippen LogP contribution in [-0.2, 0) is 13.0 Å². The van der Waals surface area contributed by atoms with Crippen LogP contribution in [0.15, 0.2) is 27.2 Å². The third-order valence-electron chi connectivity index (χ3n) is 5.43. The van der Waals surface area contributed by atoms with Crippen LogP contribution in [0.3, 0.4) is 0 Å². The van der Waals surface area contributed by atoms with Crippen LogP contribution in [0.1, 0.15) is 31.2 Å². The number of aliphatic imine (C=N–C) groups is 1. The molecule has 0 aromatic carbocycles. The molecule has 2 aliphatic rings. The van der Waals surface area contributed by atoms with Crippen LogP contribution < -0.4 is 10.2 Å². The highest BCUT2D eigenvalue weighted by Crippen LogP contribution is 2.24. The first-order valence-corrected chi connectivity index (χ1v) is 11.5. The number of piperazine rings is 1. The lowest BCUT2D eigenvalue weighted by Gasteiger charge is -2.36. The van der Waals surface area contributed by atoms with Gasteiger partial charge in [-0.15, -0.1) is 35.3 Å². The van der Waals surface area contributed by atoms with Crippen molar-refractivity contribution in [2.75, 3.05) is 57.3 Å². The number of rotatable bonds is 7. The average molecular weight is 545 g/mol. The number of aromatic nitrogens is 2. The maximum absolute atomic E-state index is 4.94. The summed E-state index contributed by atoms with van der Waals surface area (Å²) in [6.07, 6.45) is 5.11. The summed E-state index contributed by atoms with van der Waals surface area (Å²) >= 11 is 1.77. The van der Waals surface area contributed by atoms with E-state index < -0.39 is 0 Å². The summed E-state index contributed by atoms with van der Waals surface area (Å²) in [5.41, 5.74) is 2.16. The minimum atomic E-state index is 0. The smallest absolute Gasteiger partial charge is 0.194 e. The highest BCUT2D eigenvalue weighted by molar-refractivity contribution is 14.0. The molecular weight excluding hydrogens is 513 g/mol. The van der Waals surface area contributed by atoms with Crippen molar-refractivity contribution in [3.05, 3.63) is 29.1 Å². The zero-order chi connectivity index (χ0) is 19.9. The molecule has 0 atom stereocenters. The molecule has 10 heteroatoms. The van der Waals surface area contributed by atoms with E-state index >= 15 is 0 Å². The second-order valence-corrected chi connectivity index (χ2v) is 8.39. The number of anilines is 1. The molecule has 0 spiro atoms. The van der Waals surface area contributed by atoms with Gasteiger partial charge in [-0.25, -0.2) is 4.98 Å². The molecule has 0 radical (unpaired) electrons. The lowest BCUT2D eigenvalue weighted by molar-refractivity contribution is 0.169. The molecule has 4 rings (SSSR count). The van der Waals surface area contributed by atoms with Crippen LogP contribution in [0.5, 0.6) is 0 Å². The second-order valence-electron chi connectivity index (χ2n) is 7.56. The summed E-state index contributed by atoms with van der Waals surface area (Å²) in [7, 11) is 0. The average Bonchev–Trinajstić information content (AvgIpc) is 3.50. The standard InChI is InChI=1S/C20H31N7OS.HI/c1-2-21-19(26-12-10-25(11-13-26)15-17-6-14-28-24-17)22-7-5-18-16-29-20(23-18)27-8-3-4-9-27;/h6,14,16H,2-5,7-13,15H2,1H3,(H,21,22);1H. The third-order valence-corrected chi connectivity index (χ3v) is 6.38. The molecule has 0 amide bonds. The van der Waals surface area contributed by atoms with Gasteiger partial charge in [0.2, 0.25) is 0 Å². The van der Waals surface area contributed by atoms with Crippen molar-refractivity contribution >= 4 is 46.4 Å². The minimum absolute atomic E-state index is 0. The number of hydrogen-bond donors (Lipinski definition) is 1. The van der Waals surface area contributed by atoms with Crippen LogP contribution in [-0.4, -0.2) is 78.3 Å². The van der Waals surface area contributed by atoms with Crippen molar-refractivity contribution in [2.45, 2.75) is 32.7 Å². The largest absolute Gasteiger partial charge is 0.364 e. The van der Waals surface area contributed by atoms with Crippen molar-refractivity contribution in [3.8, 4) is 0 Å². The number of thiazole rings is 1. The van der Waals surface area contributed by atoms with E-state index in [4.69, 9.17) is 14.5 Å². The predicted molar refractivity (Wildman–Crippen MR) is 132 cm³/mol. The number of guanidine groups is 1. The fourth-order valence-corrected chi connectivity index (χ4v) is 4.75. The Bertz CT molecular complexity index is 768. The van der Waals surface area contributed by atoms with Gasteiger partial charge in [-0.1, -0.05) is 5.16 Å². The number of halogens is 1. The Morgan fingerprint density at radius 2 is 1.97 bits per heavy atom. The number of nitrogens with zero attached hydrogens (tertiary/aromatic N) is 6. The van der Waals surface area contributed by atoms with Gasteiger partial charge in [0.25, 0.3) is 0 Å². The van der Waals surface area contributed by atoms with Gasteiger partial charge in [0.05, 0.1) is 11.4 Å². The van der Waals surface area contributed by atoms with E-state index in [1.165, 1.54) is 18.0 Å². The first-order valence-electron chi connectivity index (χ1n) is 10.7. The van der Waals surface area contributed by atoms with E-state index in [9.17, 15) is 0 Å². The van der Waals surface area contributed by atoms with Gasteiger partial charge in [0.1, 0.15) is 6.26 Å². The monoisotopic (exact) mass is 545 g/mol. The van der Waals surface area contributed by atoms with Gasteiger partial charge >= 0.3 is 0 Å². The van der Waals surface area contributed by atoms with Crippen LogP contribution in [0, 0.1) is 0 Å². The van der Waals surface area contributed by atoms with E-state index in [0.29, 0.717) is 0 Å². The zero-order valence-electron chi connectivity index (χ0n) is 17.6. The Morgan fingerprint density at radius 3 is 2.67 bits per heavy atom. The molecule has 1 N–H and O–H groups in total. The minimum Gasteiger partial charge on any atom is -0.364 e. The van der Waals surface area contributed by atoms with Crippen molar-refractivity contribution in [2.24, 2.45) is 4.99 Å². The maximum Gasteiger partial charge on any atom is 0.194 e. The molecule has 2 saturated heterocycles. The Hall–Kier alpha value is -1.40. The summed E-state index contributed by atoms with van der Waals surface area (Å²) in [6, 6.07) is 1.94. The highest BCUT2D eigenvalue weighted by Gasteiger charge is 2.20. The van der Waals surface area contributed by atoms with Gasteiger partial charge in [0, 0.05) is 76.8 Å². The quantitative estimate of drug-likeness (QED) is 0.326. The third kappa shape index (κ3) is 6.30. The molecule has 0 bridgehead atoms. The van der Waals surface area contributed by atoms with Crippen molar-refractivity contribution in [3.63, 3.8) is 0 Å². The Labute approximate surface area is 199 Å². The molecule has 2 aliphatic heterocycles. The van der Waals surface area contributed by atoms with E-state index in [1.54, 1.807) is 17.6 Å². The molecule has 0 aliphatic carbocycles. The first kappa shape index (κ1) is 23.3. The van der Waals surface area contributed by atoms with Crippen molar-refractivity contribution in [1.29, 1.82) is 0 Å². The van der Waals surface area contributed by atoms with Gasteiger partial charge < -0.3 is 19.6 Å². The lowest BCUT2D eigenvalue weighted by Crippen LogP contribution is -2.52. The van der Waals surface area contributed by atoms with Crippen molar-refractivity contribution in [1.82, 2.24) is 25.3 Å². The fourth-order valence-electron chi connectivity index (χ4n) is 3.83. The fraction of sp³-hybridized carbons (Fsp3) is 0.650. The molecule has 0 saturated carbocycles. The second kappa shape index (κ2) is 11.8. The summed E-state index contributed by atoms with van der Waals surface area (Å²) < 4.78 is 4.94. The van der Waals surface area contributed by atoms with Gasteiger partial charge in [-0.3, -0.25) is 9.89 Å². The maximum atomic E-state index is 4.94. The predicted octanol–water partition coefficient (Wildman–Crippen LogP) is 2.68. The first-order chi connectivity index (χ1) is 14.3. The van der Waals surface area contributed by atoms with Crippen molar-refractivity contribution < 1.29 is 4.52 Å².